The summed E-state index contributed by atoms with van der Waals surface area (Å²) in [6.45, 7) is 26.4. The van der Waals surface area contributed by atoms with E-state index in [4.69, 9.17) is 17.1 Å². The van der Waals surface area contributed by atoms with Crippen molar-refractivity contribution in [1.82, 2.24) is 0 Å². The van der Waals surface area contributed by atoms with Crippen LogP contribution in [0.4, 0.5) is 0 Å². The molecule has 0 spiro atoms. The Kier molecular flexibility index (Phi) is 10.9. The molecule has 1 atom stereocenters. The molecule has 0 aromatic carbocycles. The summed E-state index contributed by atoms with van der Waals surface area (Å²) in [5.41, 5.74) is 0. The normalized spacial score (nSPS) is 15.7. The van der Waals surface area contributed by atoms with Crippen molar-refractivity contribution in [2.75, 3.05) is 13.7 Å². The number of hydrogen-bond acceptors (Lipinski definition) is 4. The Morgan fingerprint density at radius 3 is 1.41 bits per heavy atom. The van der Waals surface area contributed by atoms with Crippen LogP contribution in [0.15, 0.2) is 13.2 Å². The number of ether oxygens (including phenoxy) is 1. The highest BCUT2D eigenvalue weighted by Gasteiger charge is 2.44. The van der Waals surface area contributed by atoms with E-state index in [9.17, 15) is 0 Å². The fourth-order valence-electron chi connectivity index (χ4n) is 2.34. The van der Waals surface area contributed by atoms with Crippen molar-refractivity contribution >= 4 is 33.8 Å². The average Bonchev–Trinajstić information content (AvgIpc) is 2.22. The molecule has 0 amide bonds. The molecule has 1 unspecified atom stereocenters. The van der Waals surface area contributed by atoms with Crippen molar-refractivity contribution in [2.24, 2.45) is 0 Å². The molecule has 8 heteroatoms. The lowest BCUT2D eigenvalue weighted by atomic mass is 10.9. The molecule has 0 saturated carbocycles. The van der Waals surface area contributed by atoms with Crippen molar-refractivity contribution in [2.45, 2.75) is 65.0 Å². The summed E-state index contributed by atoms with van der Waals surface area (Å²) in [7, 11) is -5.92. The maximum atomic E-state index is 6.50. The smallest absolute Gasteiger partial charge is 0.318 e. The van der Waals surface area contributed by atoms with Gasteiger partial charge in [0.2, 0.25) is 0 Å². The first-order valence-corrected chi connectivity index (χ1v) is 19.9. The highest BCUT2D eigenvalue weighted by atomic mass is 28.5. The van der Waals surface area contributed by atoms with Crippen LogP contribution in [0.3, 0.4) is 0 Å². The molecule has 22 heavy (non-hydrogen) atoms. The number of hydrogen-bond donors (Lipinski definition) is 0. The Labute approximate surface area is 143 Å². The summed E-state index contributed by atoms with van der Waals surface area (Å²) in [5.74, 6) is 0. The van der Waals surface area contributed by atoms with E-state index < -0.39 is 33.8 Å². The third-order valence-electron chi connectivity index (χ3n) is 2.30. The van der Waals surface area contributed by atoms with Crippen LogP contribution in [0.5, 0.6) is 0 Å². The Morgan fingerprint density at radius 1 is 0.682 bits per heavy atom. The standard InChI is InChI=1S/C12H34O4Si4.C2H4/c1-13-11-12-20(10,15-18(5,6)7)16-19(8,9)14-17(2,3)4;1-2/h11-12H2,1-10H3;1-2H2. The zero-order valence-corrected chi connectivity index (χ0v) is 20.5. The molecule has 0 saturated heterocycles. The first kappa shape index (κ1) is 24.7. The molecule has 0 aliphatic carbocycles. The van der Waals surface area contributed by atoms with E-state index in [1.54, 1.807) is 7.11 Å². The third kappa shape index (κ3) is 14.1. The van der Waals surface area contributed by atoms with E-state index in [-0.39, 0.29) is 0 Å². The van der Waals surface area contributed by atoms with Crippen molar-refractivity contribution in [1.29, 1.82) is 0 Å². The van der Waals surface area contributed by atoms with Gasteiger partial charge in [0, 0.05) is 19.8 Å². The Bertz CT molecular complexity index is 313. The maximum absolute atomic E-state index is 6.50. The molecule has 0 rings (SSSR count). The summed E-state index contributed by atoms with van der Waals surface area (Å²) in [6.07, 6.45) is 0. The van der Waals surface area contributed by atoms with Gasteiger partial charge in [0.1, 0.15) is 0 Å². The molecule has 0 heterocycles. The largest absolute Gasteiger partial charge is 0.437 e. The second-order valence-corrected chi connectivity index (χ2v) is 24.3. The third-order valence-corrected chi connectivity index (χ3v) is 15.7. The summed E-state index contributed by atoms with van der Waals surface area (Å²) in [4.78, 5) is 0. The Hall–Kier alpha value is 0.448. The van der Waals surface area contributed by atoms with Crippen molar-refractivity contribution in [3.8, 4) is 0 Å². The number of methoxy groups -OCH3 is 1. The van der Waals surface area contributed by atoms with Crippen LogP contribution in [0.2, 0.25) is 65.0 Å². The van der Waals surface area contributed by atoms with E-state index in [2.05, 4.69) is 72.1 Å². The minimum absolute atomic E-state index is 0.685. The molecule has 0 aromatic rings. The van der Waals surface area contributed by atoms with Gasteiger partial charge in [-0.25, -0.2) is 0 Å². The molecule has 0 N–H and O–H groups in total. The molecule has 0 radical (unpaired) electrons. The molecular weight excluding hydrogens is 344 g/mol. The summed E-state index contributed by atoms with van der Waals surface area (Å²) in [5, 5.41) is 0. The second-order valence-electron chi connectivity index (χ2n) is 7.81. The highest BCUT2D eigenvalue weighted by Crippen LogP contribution is 2.26. The van der Waals surface area contributed by atoms with E-state index in [0.717, 1.165) is 6.04 Å². The summed E-state index contributed by atoms with van der Waals surface area (Å²) in [6, 6.07) is 0.860. The number of rotatable bonds is 9. The van der Waals surface area contributed by atoms with Gasteiger partial charge in [-0.15, -0.1) is 13.2 Å². The van der Waals surface area contributed by atoms with Crippen LogP contribution in [0.25, 0.3) is 0 Å². The molecule has 0 fully saturated rings. The first-order chi connectivity index (χ1) is 9.68. The Morgan fingerprint density at radius 2 is 1.09 bits per heavy atom. The van der Waals surface area contributed by atoms with Gasteiger partial charge in [0.05, 0.1) is 0 Å². The zero-order valence-electron chi connectivity index (χ0n) is 16.5. The van der Waals surface area contributed by atoms with Gasteiger partial charge in [0.25, 0.3) is 0 Å². The fraction of sp³-hybridized carbons (Fsp3) is 0.857. The van der Waals surface area contributed by atoms with Crippen LogP contribution < -0.4 is 0 Å². The monoisotopic (exact) mass is 382 g/mol. The first-order valence-electron chi connectivity index (χ1n) is 7.78. The van der Waals surface area contributed by atoms with Gasteiger partial charge < -0.3 is 17.1 Å². The molecule has 0 aliphatic rings. The lowest BCUT2D eigenvalue weighted by Gasteiger charge is -2.41. The van der Waals surface area contributed by atoms with Gasteiger partial charge in [-0.1, -0.05) is 0 Å². The van der Waals surface area contributed by atoms with Gasteiger partial charge in [0.15, 0.2) is 16.6 Å². The zero-order chi connectivity index (χ0) is 18.2. The lowest BCUT2D eigenvalue weighted by Crippen LogP contribution is -2.57. The molecular formula is C14H38O4Si4. The van der Waals surface area contributed by atoms with Crippen molar-refractivity contribution in [3.63, 3.8) is 0 Å². The minimum Gasteiger partial charge on any atom is -0.437 e. The van der Waals surface area contributed by atoms with Gasteiger partial charge in [-0.2, -0.15) is 0 Å². The predicted octanol–water partition coefficient (Wildman–Crippen LogP) is 4.93. The topological polar surface area (TPSA) is 36.9 Å². The van der Waals surface area contributed by atoms with Crippen LogP contribution in [-0.4, -0.2) is 47.5 Å². The molecule has 134 valence electrons. The fourth-order valence-corrected chi connectivity index (χ4v) is 20.1. The van der Waals surface area contributed by atoms with E-state index in [1.165, 1.54) is 0 Å². The van der Waals surface area contributed by atoms with Gasteiger partial charge in [-0.3, -0.25) is 0 Å². The molecule has 0 bridgehead atoms. The van der Waals surface area contributed by atoms with Gasteiger partial charge >= 0.3 is 17.1 Å². The van der Waals surface area contributed by atoms with E-state index in [1.807, 2.05) is 0 Å². The quantitative estimate of drug-likeness (QED) is 0.418. The summed E-state index contributed by atoms with van der Waals surface area (Å²) < 4.78 is 24.5. The highest BCUT2D eigenvalue weighted by molar-refractivity contribution is 6.89. The van der Waals surface area contributed by atoms with Crippen LogP contribution >= 0.6 is 0 Å². The molecule has 4 nitrogen and oxygen atoms in total. The van der Waals surface area contributed by atoms with Crippen molar-refractivity contribution < 1.29 is 17.1 Å². The summed E-state index contributed by atoms with van der Waals surface area (Å²) >= 11 is 0. The van der Waals surface area contributed by atoms with Crippen LogP contribution in [-0.2, 0) is 17.1 Å². The maximum Gasteiger partial charge on any atom is 0.318 e. The van der Waals surface area contributed by atoms with E-state index >= 15 is 0 Å². The SMILES string of the molecule is C=C.COCC[Si](C)(O[Si](C)(C)C)O[Si](C)(C)O[Si](C)(C)C. The molecule has 0 aliphatic heterocycles. The minimum atomic E-state index is -2.25. The van der Waals surface area contributed by atoms with Crippen LogP contribution in [0, 0.1) is 0 Å². The molecule has 0 aromatic heterocycles. The van der Waals surface area contributed by atoms with Crippen LogP contribution in [0.1, 0.15) is 0 Å². The second kappa shape index (κ2) is 9.67. The lowest BCUT2D eigenvalue weighted by molar-refractivity contribution is 0.203. The average molecular weight is 383 g/mol. The van der Waals surface area contributed by atoms with Crippen molar-refractivity contribution in [3.05, 3.63) is 13.2 Å². The predicted molar refractivity (Wildman–Crippen MR) is 107 cm³/mol. The van der Waals surface area contributed by atoms with Gasteiger partial charge in [-0.05, 0) is 58.9 Å². The van der Waals surface area contributed by atoms with E-state index in [0.29, 0.717) is 6.61 Å². The Balaban J connectivity index is 0.